The van der Waals surface area contributed by atoms with Gasteiger partial charge in [-0.1, -0.05) is 21.6 Å². The van der Waals surface area contributed by atoms with Gasteiger partial charge in [0.15, 0.2) is 0 Å². The molecule has 0 aromatic heterocycles. The standard InChI is InChI=1S/C3H9NS2/c1-5-6-3-2-4/h2-4H2,1H3/p+1. The van der Waals surface area contributed by atoms with E-state index in [0.29, 0.717) is 0 Å². The zero-order chi connectivity index (χ0) is 4.83. The van der Waals surface area contributed by atoms with Crippen molar-refractivity contribution in [2.75, 3.05) is 18.6 Å². The third kappa shape index (κ3) is 4.66. The molecule has 0 spiro atoms. The van der Waals surface area contributed by atoms with Crippen molar-refractivity contribution in [2.45, 2.75) is 0 Å². The van der Waals surface area contributed by atoms with Crippen LogP contribution < -0.4 is 5.73 Å². The first-order valence-corrected chi connectivity index (χ1v) is 4.59. The maximum absolute atomic E-state index is 3.69. The third-order valence-corrected chi connectivity index (χ3v) is 2.24. The fourth-order valence-electron chi connectivity index (χ4n) is 0.142. The molecule has 0 aliphatic heterocycles. The normalized spacial score (nSPS) is 9.00. The summed E-state index contributed by atoms with van der Waals surface area (Å²) < 4.78 is 0. The minimum absolute atomic E-state index is 1.05. The zero-order valence-corrected chi connectivity index (χ0v) is 5.57. The van der Waals surface area contributed by atoms with Crippen molar-refractivity contribution in [1.82, 2.24) is 0 Å². The fourth-order valence-corrected chi connectivity index (χ4v) is 1.28. The summed E-state index contributed by atoms with van der Waals surface area (Å²) in [4.78, 5) is 0. The van der Waals surface area contributed by atoms with Crippen LogP contribution in [-0.2, 0) is 0 Å². The van der Waals surface area contributed by atoms with Gasteiger partial charge in [0.1, 0.15) is 0 Å². The monoisotopic (exact) mass is 124 g/mol. The molecule has 3 N–H and O–H groups in total. The van der Waals surface area contributed by atoms with Crippen LogP contribution >= 0.6 is 21.6 Å². The van der Waals surface area contributed by atoms with Gasteiger partial charge in [0, 0.05) is 0 Å². The highest BCUT2D eigenvalue weighted by molar-refractivity contribution is 8.76. The second-order valence-electron chi connectivity index (χ2n) is 0.842. The van der Waals surface area contributed by atoms with E-state index in [0.717, 1.165) is 6.54 Å². The first kappa shape index (κ1) is 6.66. The SMILES string of the molecule is CSSCC[NH3+]. The van der Waals surface area contributed by atoms with Gasteiger partial charge in [0.2, 0.25) is 0 Å². The smallest absolute Gasteiger partial charge is 0.0840 e. The molecule has 0 heterocycles. The largest absolute Gasteiger partial charge is 0.357 e. The van der Waals surface area contributed by atoms with Crippen LogP contribution in [0.1, 0.15) is 0 Å². The highest BCUT2D eigenvalue weighted by atomic mass is 33.1. The average molecular weight is 124 g/mol. The van der Waals surface area contributed by atoms with E-state index in [9.17, 15) is 0 Å². The van der Waals surface area contributed by atoms with Gasteiger partial charge in [-0.15, -0.1) is 0 Å². The summed E-state index contributed by atoms with van der Waals surface area (Å²) in [5.41, 5.74) is 3.69. The highest BCUT2D eigenvalue weighted by Crippen LogP contribution is 2.13. The van der Waals surface area contributed by atoms with E-state index in [1.165, 1.54) is 5.75 Å². The van der Waals surface area contributed by atoms with Crippen LogP contribution in [0.2, 0.25) is 0 Å². The predicted molar refractivity (Wildman–Crippen MR) is 33.7 cm³/mol. The summed E-state index contributed by atoms with van der Waals surface area (Å²) in [6.07, 6.45) is 2.08. The lowest BCUT2D eigenvalue weighted by Crippen LogP contribution is -2.51. The molecule has 6 heavy (non-hydrogen) atoms. The molecule has 38 valence electrons. The van der Waals surface area contributed by atoms with Crippen molar-refractivity contribution in [3.8, 4) is 0 Å². The van der Waals surface area contributed by atoms with Gasteiger partial charge in [0.25, 0.3) is 0 Å². The molecule has 0 rings (SSSR count). The van der Waals surface area contributed by atoms with Crippen LogP contribution in [-0.4, -0.2) is 18.6 Å². The van der Waals surface area contributed by atoms with Gasteiger partial charge < -0.3 is 5.73 Å². The van der Waals surface area contributed by atoms with Crippen LogP contribution in [0.3, 0.4) is 0 Å². The van der Waals surface area contributed by atoms with Gasteiger partial charge in [-0.3, -0.25) is 0 Å². The number of quaternary nitrogens is 1. The molecule has 0 aromatic carbocycles. The summed E-state index contributed by atoms with van der Waals surface area (Å²) in [5, 5.41) is 0. The molecule has 0 aromatic rings. The molecule has 3 heteroatoms. The maximum Gasteiger partial charge on any atom is 0.0840 e. The van der Waals surface area contributed by atoms with Gasteiger partial charge in [-0.2, -0.15) is 0 Å². The molecular weight excluding hydrogens is 114 g/mol. The summed E-state index contributed by atoms with van der Waals surface area (Å²) >= 11 is 0. The lowest BCUT2D eigenvalue weighted by Gasteiger charge is -1.84. The third-order valence-electron chi connectivity index (χ3n) is 0.346. The Morgan fingerprint density at radius 3 is 2.50 bits per heavy atom. The topological polar surface area (TPSA) is 27.6 Å². The summed E-state index contributed by atoms with van der Waals surface area (Å²) in [6.45, 7) is 1.05. The molecule has 0 atom stereocenters. The fraction of sp³-hybridized carbons (Fsp3) is 1.00. The minimum Gasteiger partial charge on any atom is -0.357 e. The highest BCUT2D eigenvalue weighted by Gasteiger charge is 1.78. The van der Waals surface area contributed by atoms with E-state index in [1.54, 1.807) is 10.8 Å². The van der Waals surface area contributed by atoms with Gasteiger partial charge in [0.05, 0.1) is 12.3 Å². The van der Waals surface area contributed by atoms with E-state index < -0.39 is 0 Å². The second-order valence-corrected chi connectivity index (χ2v) is 3.53. The van der Waals surface area contributed by atoms with Crippen LogP contribution in [0.5, 0.6) is 0 Å². The molecule has 0 unspecified atom stereocenters. The van der Waals surface area contributed by atoms with Crippen molar-refractivity contribution in [1.29, 1.82) is 0 Å². The lowest BCUT2D eigenvalue weighted by atomic mass is 10.8. The van der Waals surface area contributed by atoms with Crippen LogP contribution in [0, 0.1) is 0 Å². The first-order valence-electron chi connectivity index (χ1n) is 1.86. The molecular formula is C3H10NS2+. The van der Waals surface area contributed by atoms with E-state index in [-0.39, 0.29) is 0 Å². The summed E-state index contributed by atoms with van der Waals surface area (Å²) in [6, 6.07) is 0. The van der Waals surface area contributed by atoms with Gasteiger partial charge in [-0.25, -0.2) is 0 Å². The van der Waals surface area contributed by atoms with Crippen molar-refractivity contribution >= 4 is 21.6 Å². The van der Waals surface area contributed by atoms with Crippen molar-refractivity contribution in [2.24, 2.45) is 0 Å². The number of hydrogen-bond donors (Lipinski definition) is 1. The zero-order valence-electron chi connectivity index (χ0n) is 3.94. The molecule has 0 amide bonds. The second kappa shape index (κ2) is 5.66. The van der Waals surface area contributed by atoms with Crippen LogP contribution in [0.15, 0.2) is 0 Å². The van der Waals surface area contributed by atoms with E-state index in [2.05, 4.69) is 12.0 Å². The Balaban J connectivity index is 2.34. The molecule has 0 aliphatic rings. The Labute approximate surface area is 46.5 Å². The average Bonchev–Trinajstić information content (AvgIpc) is 1.61. The predicted octanol–water partition coefficient (Wildman–Crippen LogP) is 0.239. The number of rotatable bonds is 3. The van der Waals surface area contributed by atoms with E-state index in [1.807, 2.05) is 10.8 Å². The molecule has 0 bridgehead atoms. The van der Waals surface area contributed by atoms with E-state index >= 15 is 0 Å². The minimum atomic E-state index is 1.05. The molecule has 1 nitrogen and oxygen atoms in total. The van der Waals surface area contributed by atoms with Crippen molar-refractivity contribution in [3.63, 3.8) is 0 Å². The van der Waals surface area contributed by atoms with Gasteiger partial charge in [-0.05, 0) is 6.26 Å². The Morgan fingerprint density at radius 1 is 1.67 bits per heavy atom. The Morgan fingerprint density at radius 2 is 2.33 bits per heavy atom. The summed E-state index contributed by atoms with van der Waals surface area (Å²) in [7, 11) is 3.67. The molecule has 0 saturated heterocycles. The van der Waals surface area contributed by atoms with E-state index in [4.69, 9.17) is 0 Å². The number of hydrogen-bond acceptors (Lipinski definition) is 2. The molecule has 0 fully saturated rings. The Bertz CT molecular complexity index is 20.8. The van der Waals surface area contributed by atoms with Crippen molar-refractivity contribution in [3.05, 3.63) is 0 Å². The maximum atomic E-state index is 3.69. The van der Waals surface area contributed by atoms with Crippen LogP contribution in [0.4, 0.5) is 0 Å². The Kier molecular flexibility index (Phi) is 6.28. The van der Waals surface area contributed by atoms with Crippen LogP contribution in [0.25, 0.3) is 0 Å². The molecule has 0 radical (unpaired) electrons. The van der Waals surface area contributed by atoms with Gasteiger partial charge >= 0.3 is 0 Å². The Hall–Kier alpha value is 0.660. The first-order chi connectivity index (χ1) is 2.91. The molecule has 0 aliphatic carbocycles. The lowest BCUT2D eigenvalue weighted by molar-refractivity contribution is -0.360. The molecule has 0 saturated carbocycles. The summed E-state index contributed by atoms with van der Waals surface area (Å²) in [5.74, 6) is 1.18. The quantitative estimate of drug-likeness (QED) is 0.431. The van der Waals surface area contributed by atoms with Crippen molar-refractivity contribution < 1.29 is 5.73 Å².